The van der Waals surface area contributed by atoms with E-state index >= 15 is 0 Å². The number of hydrogen-bond donors (Lipinski definition) is 2. The van der Waals surface area contributed by atoms with Gasteiger partial charge in [-0.2, -0.15) is 5.10 Å². The molecule has 17 heavy (non-hydrogen) atoms. The molecule has 1 aromatic rings. The second-order valence-electron chi connectivity index (χ2n) is 3.84. The third kappa shape index (κ3) is 3.23. The molecule has 0 aromatic carbocycles. The zero-order valence-corrected chi connectivity index (χ0v) is 10.3. The van der Waals surface area contributed by atoms with Gasteiger partial charge in [0.15, 0.2) is 5.82 Å². The molecule has 1 aliphatic rings. The number of carbonyl (C=O) groups is 2. The predicted octanol–water partition coefficient (Wildman–Crippen LogP) is 1.22. The number of thioether (sulfide) groups is 1. The molecule has 2 heterocycles. The minimum absolute atomic E-state index is 0.0633. The van der Waals surface area contributed by atoms with Crippen LogP contribution in [0.15, 0.2) is 6.07 Å². The van der Waals surface area contributed by atoms with Crippen LogP contribution < -0.4 is 5.32 Å². The SMILES string of the molecule is Cc1cc(NC(=O)CCN2CCSC2=O)n[nH]1. The van der Waals surface area contributed by atoms with E-state index in [0.29, 0.717) is 18.8 Å². The Bertz CT molecular complexity index is 432. The third-order valence-corrected chi connectivity index (χ3v) is 3.32. The van der Waals surface area contributed by atoms with Crippen molar-refractivity contribution in [2.24, 2.45) is 0 Å². The largest absolute Gasteiger partial charge is 0.332 e. The van der Waals surface area contributed by atoms with E-state index in [1.807, 2.05) is 6.92 Å². The van der Waals surface area contributed by atoms with Gasteiger partial charge in [0, 0.05) is 37.0 Å². The van der Waals surface area contributed by atoms with Crippen LogP contribution in [0.25, 0.3) is 0 Å². The number of H-pyrrole nitrogens is 1. The van der Waals surface area contributed by atoms with Crippen molar-refractivity contribution < 1.29 is 9.59 Å². The quantitative estimate of drug-likeness (QED) is 0.846. The molecular formula is C10H14N4O2S. The molecule has 1 aromatic heterocycles. The lowest BCUT2D eigenvalue weighted by Crippen LogP contribution is -2.27. The van der Waals surface area contributed by atoms with Gasteiger partial charge in [0.05, 0.1) is 0 Å². The van der Waals surface area contributed by atoms with E-state index in [9.17, 15) is 9.59 Å². The molecule has 0 unspecified atom stereocenters. The van der Waals surface area contributed by atoms with E-state index in [0.717, 1.165) is 18.0 Å². The van der Waals surface area contributed by atoms with Crippen molar-refractivity contribution >= 4 is 28.7 Å². The number of hydrogen-bond acceptors (Lipinski definition) is 4. The maximum absolute atomic E-state index is 11.6. The summed E-state index contributed by atoms with van der Waals surface area (Å²) in [7, 11) is 0. The first-order valence-electron chi connectivity index (χ1n) is 5.39. The van der Waals surface area contributed by atoms with Gasteiger partial charge in [0.1, 0.15) is 0 Å². The first kappa shape index (κ1) is 12.0. The van der Waals surface area contributed by atoms with Crippen molar-refractivity contribution in [3.8, 4) is 0 Å². The van der Waals surface area contributed by atoms with Gasteiger partial charge >= 0.3 is 0 Å². The Morgan fingerprint density at radius 3 is 3.12 bits per heavy atom. The average Bonchev–Trinajstić information content (AvgIpc) is 2.85. The molecule has 7 heteroatoms. The third-order valence-electron chi connectivity index (χ3n) is 2.43. The Balaban J connectivity index is 1.76. The number of aromatic nitrogens is 2. The highest BCUT2D eigenvalue weighted by atomic mass is 32.2. The fourth-order valence-electron chi connectivity index (χ4n) is 1.55. The summed E-state index contributed by atoms with van der Waals surface area (Å²) >= 11 is 1.30. The highest BCUT2D eigenvalue weighted by molar-refractivity contribution is 8.13. The second-order valence-corrected chi connectivity index (χ2v) is 4.88. The summed E-state index contributed by atoms with van der Waals surface area (Å²) in [5.74, 6) is 1.22. The van der Waals surface area contributed by atoms with E-state index in [2.05, 4.69) is 15.5 Å². The van der Waals surface area contributed by atoms with Gasteiger partial charge in [-0.25, -0.2) is 0 Å². The molecular weight excluding hydrogens is 240 g/mol. The summed E-state index contributed by atoms with van der Waals surface area (Å²) in [6.45, 7) is 3.07. The Morgan fingerprint density at radius 2 is 2.53 bits per heavy atom. The lowest BCUT2D eigenvalue weighted by Gasteiger charge is -2.13. The molecule has 2 rings (SSSR count). The summed E-state index contributed by atoms with van der Waals surface area (Å²) in [5.41, 5.74) is 0.895. The van der Waals surface area contributed by atoms with Crippen molar-refractivity contribution in [2.45, 2.75) is 13.3 Å². The molecule has 0 aliphatic carbocycles. The Labute approximate surface area is 103 Å². The van der Waals surface area contributed by atoms with Gasteiger partial charge in [-0.15, -0.1) is 0 Å². The van der Waals surface area contributed by atoms with Crippen LogP contribution in [0.4, 0.5) is 10.6 Å². The van der Waals surface area contributed by atoms with E-state index in [1.54, 1.807) is 11.0 Å². The van der Waals surface area contributed by atoms with Gasteiger partial charge in [-0.1, -0.05) is 11.8 Å². The van der Waals surface area contributed by atoms with Gasteiger partial charge in [-0.05, 0) is 6.92 Å². The molecule has 0 bridgehead atoms. The maximum Gasteiger partial charge on any atom is 0.281 e. The van der Waals surface area contributed by atoms with E-state index < -0.39 is 0 Å². The molecule has 6 nitrogen and oxygen atoms in total. The summed E-state index contributed by atoms with van der Waals surface area (Å²) in [5, 5.41) is 9.39. The monoisotopic (exact) mass is 254 g/mol. The summed E-state index contributed by atoms with van der Waals surface area (Å²) in [6, 6.07) is 1.76. The van der Waals surface area contributed by atoms with Crippen LogP contribution in [-0.2, 0) is 4.79 Å². The van der Waals surface area contributed by atoms with E-state index in [1.165, 1.54) is 11.8 Å². The van der Waals surface area contributed by atoms with Gasteiger partial charge < -0.3 is 10.2 Å². The molecule has 1 aliphatic heterocycles. The molecule has 2 N–H and O–H groups in total. The first-order valence-corrected chi connectivity index (χ1v) is 6.37. The average molecular weight is 254 g/mol. The van der Waals surface area contributed by atoms with Gasteiger partial charge in [0.2, 0.25) is 5.91 Å². The Hall–Kier alpha value is -1.50. The number of nitrogens with zero attached hydrogens (tertiary/aromatic N) is 2. The number of nitrogens with one attached hydrogen (secondary N) is 2. The van der Waals surface area contributed by atoms with Gasteiger partial charge in [-0.3, -0.25) is 14.7 Å². The molecule has 0 radical (unpaired) electrons. The molecule has 1 saturated heterocycles. The zero-order chi connectivity index (χ0) is 12.3. The topological polar surface area (TPSA) is 78.1 Å². The number of aromatic amines is 1. The first-order chi connectivity index (χ1) is 8.15. The van der Waals surface area contributed by atoms with Crippen LogP contribution in [0.5, 0.6) is 0 Å². The summed E-state index contributed by atoms with van der Waals surface area (Å²) in [6.07, 6.45) is 0.304. The molecule has 0 spiro atoms. The van der Waals surface area contributed by atoms with E-state index in [-0.39, 0.29) is 11.1 Å². The lowest BCUT2D eigenvalue weighted by atomic mass is 10.3. The van der Waals surface area contributed by atoms with Crippen molar-refractivity contribution in [1.29, 1.82) is 0 Å². The second kappa shape index (κ2) is 5.22. The maximum atomic E-state index is 11.6. The molecule has 1 fully saturated rings. The minimum atomic E-state index is -0.124. The number of aryl methyl sites for hydroxylation is 1. The fraction of sp³-hybridized carbons (Fsp3) is 0.500. The smallest absolute Gasteiger partial charge is 0.281 e. The van der Waals surface area contributed by atoms with Crippen LogP contribution >= 0.6 is 11.8 Å². The number of amides is 2. The van der Waals surface area contributed by atoms with Crippen molar-refractivity contribution in [1.82, 2.24) is 15.1 Å². The van der Waals surface area contributed by atoms with Crippen molar-refractivity contribution in [3.63, 3.8) is 0 Å². The van der Waals surface area contributed by atoms with Crippen LogP contribution in [0.1, 0.15) is 12.1 Å². The predicted molar refractivity (Wildman–Crippen MR) is 66.0 cm³/mol. The molecule has 2 amide bonds. The lowest BCUT2D eigenvalue weighted by molar-refractivity contribution is -0.116. The Kier molecular flexibility index (Phi) is 3.68. The fourth-order valence-corrected chi connectivity index (χ4v) is 2.40. The minimum Gasteiger partial charge on any atom is -0.332 e. The van der Waals surface area contributed by atoms with Crippen LogP contribution in [-0.4, -0.2) is 45.1 Å². The molecule has 92 valence electrons. The van der Waals surface area contributed by atoms with E-state index in [4.69, 9.17) is 0 Å². The van der Waals surface area contributed by atoms with Crippen molar-refractivity contribution in [2.75, 3.05) is 24.2 Å². The summed E-state index contributed by atoms with van der Waals surface area (Å²) < 4.78 is 0. The van der Waals surface area contributed by atoms with Crippen LogP contribution in [0.3, 0.4) is 0 Å². The van der Waals surface area contributed by atoms with Crippen LogP contribution in [0, 0.1) is 6.92 Å². The molecule has 0 atom stereocenters. The number of anilines is 1. The molecule has 0 saturated carbocycles. The van der Waals surface area contributed by atoms with Gasteiger partial charge in [0.25, 0.3) is 5.24 Å². The normalized spacial score (nSPS) is 15.4. The zero-order valence-electron chi connectivity index (χ0n) is 9.52. The number of rotatable bonds is 4. The highest BCUT2D eigenvalue weighted by Gasteiger charge is 2.21. The Morgan fingerprint density at radius 1 is 1.71 bits per heavy atom. The van der Waals surface area contributed by atoms with Crippen LogP contribution in [0.2, 0.25) is 0 Å². The van der Waals surface area contributed by atoms with Crippen molar-refractivity contribution in [3.05, 3.63) is 11.8 Å². The standard InChI is InChI=1S/C10H14N4O2S/c1-7-6-8(13-12-7)11-9(15)2-3-14-4-5-17-10(14)16/h6H,2-5H2,1H3,(H2,11,12,13,15). The number of carbonyl (C=O) groups excluding carboxylic acids is 2. The summed E-state index contributed by atoms with van der Waals surface area (Å²) in [4.78, 5) is 24.6. The highest BCUT2D eigenvalue weighted by Crippen LogP contribution is 2.17.